The molecule has 1 N–H and O–H groups in total. The van der Waals surface area contributed by atoms with Crippen molar-refractivity contribution >= 4 is 5.82 Å². The molecule has 0 saturated carbocycles. The number of nitrogens with zero attached hydrogens (tertiary/aromatic N) is 3. The Labute approximate surface area is 107 Å². The van der Waals surface area contributed by atoms with Crippen molar-refractivity contribution < 1.29 is 0 Å². The molecule has 0 fully saturated rings. The van der Waals surface area contributed by atoms with Crippen molar-refractivity contribution in [1.29, 1.82) is 0 Å². The van der Waals surface area contributed by atoms with Crippen LogP contribution in [0.3, 0.4) is 0 Å². The van der Waals surface area contributed by atoms with Gasteiger partial charge in [0, 0.05) is 20.1 Å². The highest BCUT2D eigenvalue weighted by atomic mass is 16.2. The molecule has 0 aliphatic heterocycles. The first-order valence-electron chi connectivity index (χ1n) is 6.33. The molecule has 6 nitrogen and oxygen atoms in total. The van der Waals surface area contributed by atoms with Gasteiger partial charge in [-0.3, -0.25) is 9.36 Å². The van der Waals surface area contributed by atoms with E-state index in [0.717, 1.165) is 17.4 Å². The lowest BCUT2D eigenvalue weighted by atomic mass is 9.96. The molecule has 0 aliphatic rings. The number of aryl methyl sites for hydroxylation is 1. The number of hydrogen-bond acceptors (Lipinski definition) is 4. The van der Waals surface area contributed by atoms with Gasteiger partial charge in [-0.15, -0.1) is 5.10 Å². The summed E-state index contributed by atoms with van der Waals surface area (Å²) in [5, 5.41) is 7.10. The van der Waals surface area contributed by atoms with Gasteiger partial charge in [0.15, 0.2) is 0 Å². The fourth-order valence-electron chi connectivity index (χ4n) is 2.12. The Morgan fingerprint density at radius 1 is 1.22 bits per heavy atom. The molecular weight excluding hydrogens is 232 g/mol. The quantitative estimate of drug-likeness (QED) is 0.840. The van der Waals surface area contributed by atoms with Crippen molar-refractivity contribution in [3.05, 3.63) is 20.8 Å². The van der Waals surface area contributed by atoms with E-state index < -0.39 is 5.69 Å². The molecule has 0 bridgehead atoms. The second-order valence-corrected chi connectivity index (χ2v) is 4.63. The number of nitrogens with one attached hydrogen (secondary N) is 1. The van der Waals surface area contributed by atoms with Crippen LogP contribution in [0.4, 0.5) is 5.82 Å². The minimum absolute atomic E-state index is 0.151. The van der Waals surface area contributed by atoms with Gasteiger partial charge in [-0.25, -0.2) is 9.48 Å². The summed E-state index contributed by atoms with van der Waals surface area (Å²) in [4.78, 5) is 23.4. The zero-order chi connectivity index (χ0) is 13.9. The van der Waals surface area contributed by atoms with Gasteiger partial charge in [-0.1, -0.05) is 26.7 Å². The summed E-state index contributed by atoms with van der Waals surface area (Å²) in [6, 6.07) is 0.151. The van der Waals surface area contributed by atoms with E-state index in [4.69, 9.17) is 0 Å². The minimum atomic E-state index is -0.416. The van der Waals surface area contributed by atoms with Gasteiger partial charge in [-0.05, 0) is 12.8 Å². The predicted molar refractivity (Wildman–Crippen MR) is 71.9 cm³/mol. The molecule has 1 aromatic rings. The second kappa shape index (κ2) is 5.84. The maximum Gasteiger partial charge on any atom is 0.346 e. The largest absolute Gasteiger partial charge is 0.361 e. The van der Waals surface area contributed by atoms with Crippen LogP contribution in [0, 0.1) is 5.92 Å². The molecule has 1 aromatic heterocycles. The molecule has 0 spiro atoms. The fourth-order valence-corrected chi connectivity index (χ4v) is 2.12. The zero-order valence-corrected chi connectivity index (χ0v) is 11.7. The van der Waals surface area contributed by atoms with E-state index in [1.807, 2.05) is 6.92 Å². The van der Waals surface area contributed by atoms with E-state index >= 15 is 0 Å². The van der Waals surface area contributed by atoms with Gasteiger partial charge in [0.05, 0.1) is 0 Å². The van der Waals surface area contributed by atoms with Crippen molar-refractivity contribution in [2.75, 3.05) is 5.32 Å². The summed E-state index contributed by atoms with van der Waals surface area (Å²) in [6.45, 7) is 6.28. The number of hydrogen-bond donors (Lipinski definition) is 1. The highest BCUT2D eigenvalue weighted by molar-refractivity contribution is 5.31. The molecule has 1 heterocycles. The van der Waals surface area contributed by atoms with Crippen LogP contribution in [-0.4, -0.2) is 20.4 Å². The number of rotatable bonds is 5. The lowest BCUT2D eigenvalue weighted by Gasteiger charge is -2.22. The van der Waals surface area contributed by atoms with Gasteiger partial charge in [-0.2, -0.15) is 0 Å². The Morgan fingerprint density at radius 3 is 2.28 bits per heavy atom. The van der Waals surface area contributed by atoms with Gasteiger partial charge < -0.3 is 5.32 Å². The van der Waals surface area contributed by atoms with Crippen LogP contribution in [0.1, 0.15) is 33.6 Å². The van der Waals surface area contributed by atoms with Gasteiger partial charge in [0.1, 0.15) is 0 Å². The molecule has 1 atom stereocenters. The Kier molecular flexibility index (Phi) is 4.69. The van der Waals surface area contributed by atoms with E-state index in [2.05, 4.69) is 24.3 Å². The summed E-state index contributed by atoms with van der Waals surface area (Å²) in [5.41, 5.74) is -0.795. The van der Waals surface area contributed by atoms with Crippen molar-refractivity contribution in [3.63, 3.8) is 0 Å². The molecule has 0 amide bonds. The molecule has 18 heavy (non-hydrogen) atoms. The van der Waals surface area contributed by atoms with E-state index in [1.165, 1.54) is 18.8 Å². The third kappa shape index (κ3) is 2.80. The molecule has 6 heteroatoms. The first kappa shape index (κ1) is 14.5. The lowest BCUT2D eigenvalue weighted by molar-refractivity contribution is 0.434. The summed E-state index contributed by atoms with van der Waals surface area (Å²) in [5.74, 6) is 0.716. The topological polar surface area (TPSA) is 68.9 Å². The van der Waals surface area contributed by atoms with Crippen LogP contribution in [-0.2, 0) is 14.1 Å². The van der Waals surface area contributed by atoms with Gasteiger partial charge in [0.25, 0.3) is 5.56 Å². The van der Waals surface area contributed by atoms with Crippen LogP contribution < -0.4 is 16.6 Å². The third-order valence-electron chi connectivity index (χ3n) is 3.44. The maximum atomic E-state index is 11.9. The highest BCUT2D eigenvalue weighted by Gasteiger charge is 2.16. The monoisotopic (exact) mass is 254 g/mol. The normalized spacial score (nSPS) is 12.8. The Morgan fingerprint density at radius 2 is 1.78 bits per heavy atom. The maximum absolute atomic E-state index is 11.9. The highest BCUT2D eigenvalue weighted by Crippen LogP contribution is 2.14. The zero-order valence-electron chi connectivity index (χ0n) is 11.7. The Bertz CT molecular complexity index is 514. The van der Waals surface area contributed by atoms with Crippen LogP contribution in [0.5, 0.6) is 0 Å². The van der Waals surface area contributed by atoms with Gasteiger partial charge in [0.2, 0.25) is 5.82 Å². The third-order valence-corrected chi connectivity index (χ3v) is 3.44. The van der Waals surface area contributed by atoms with Crippen molar-refractivity contribution in [2.24, 2.45) is 20.0 Å². The smallest absolute Gasteiger partial charge is 0.346 e. The minimum Gasteiger partial charge on any atom is -0.361 e. The van der Waals surface area contributed by atoms with E-state index in [0.29, 0.717) is 5.92 Å². The van der Waals surface area contributed by atoms with Crippen LogP contribution in [0.25, 0.3) is 0 Å². The Balaban J connectivity index is 3.06. The molecule has 0 radical (unpaired) electrons. The average molecular weight is 254 g/mol. The summed E-state index contributed by atoms with van der Waals surface area (Å²) in [7, 11) is 2.99. The van der Waals surface area contributed by atoms with Crippen LogP contribution >= 0.6 is 0 Å². The van der Waals surface area contributed by atoms with E-state index in [9.17, 15) is 9.59 Å². The van der Waals surface area contributed by atoms with Crippen molar-refractivity contribution in [1.82, 2.24) is 14.3 Å². The molecule has 0 aromatic carbocycles. The molecule has 1 rings (SSSR count). The summed E-state index contributed by atoms with van der Waals surface area (Å²) in [6.07, 6.45) is 2.08. The van der Waals surface area contributed by atoms with Gasteiger partial charge >= 0.3 is 5.69 Å². The van der Waals surface area contributed by atoms with E-state index in [1.54, 1.807) is 0 Å². The summed E-state index contributed by atoms with van der Waals surface area (Å²) < 4.78 is 2.23. The number of anilines is 1. The van der Waals surface area contributed by atoms with Crippen LogP contribution in [0.2, 0.25) is 0 Å². The Hall–Kier alpha value is -1.59. The SMILES string of the molecule is CCC(CC)C(C)Nc1nn(C)c(=O)n(C)c1=O. The fraction of sp³-hybridized carbons (Fsp3) is 0.750. The molecule has 102 valence electrons. The van der Waals surface area contributed by atoms with E-state index in [-0.39, 0.29) is 17.4 Å². The second-order valence-electron chi connectivity index (χ2n) is 4.63. The van der Waals surface area contributed by atoms with Crippen molar-refractivity contribution in [3.8, 4) is 0 Å². The average Bonchev–Trinajstić information content (AvgIpc) is 2.35. The van der Waals surface area contributed by atoms with Crippen LogP contribution in [0.15, 0.2) is 9.59 Å². The number of aromatic nitrogens is 3. The molecular formula is C12H22N4O2. The molecule has 1 unspecified atom stereocenters. The molecule has 0 aliphatic carbocycles. The standard InChI is InChI=1S/C12H22N4O2/c1-6-9(7-2)8(3)13-10-11(17)15(4)12(18)16(5)14-10/h8-9H,6-7H2,1-5H3,(H,13,14). The summed E-state index contributed by atoms with van der Waals surface area (Å²) >= 11 is 0. The first-order valence-corrected chi connectivity index (χ1v) is 6.33. The van der Waals surface area contributed by atoms with Crippen molar-refractivity contribution in [2.45, 2.75) is 39.7 Å². The lowest BCUT2D eigenvalue weighted by Crippen LogP contribution is -2.41. The first-order chi connectivity index (χ1) is 8.42. The predicted octanol–water partition coefficient (Wildman–Crippen LogP) is 0.716. The molecule has 0 saturated heterocycles.